The summed E-state index contributed by atoms with van der Waals surface area (Å²) in [6, 6.07) is 8.75. The van der Waals surface area contributed by atoms with Crippen LogP contribution in [0, 0.1) is 5.82 Å². The van der Waals surface area contributed by atoms with Crippen molar-refractivity contribution in [3.63, 3.8) is 0 Å². The molecule has 0 fully saturated rings. The summed E-state index contributed by atoms with van der Waals surface area (Å²) in [7, 11) is 0. The van der Waals surface area contributed by atoms with Crippen LogP contribution in [0.2, 0.25) is 0 Å². The zero-order valence-electron chi connectivity index (χ0n) is 9.47. The van der Waals surface area contributed by atoms with E-state index in [4.69, 9.17) is 0 Å². The lowest BCUT2D eigenvalue weighted by Crippen LogP contribution is -2.07. The van der Waals surface area contributed by atoms with Gasteiger partial charge in [-0.1, -0.05) is 18.2 Å². The summed E-state index contributed by atoms with van der Waals surface area (Å²) in [6.07, 6.45) is 1.65. The van der Waals surface area contributed by atoms with E-state index >= 15 is 0 Å². The highest BCUT2D eigenvalue weighted by molar-refractivity contribution is 7.07. The van der Waals surface area contributed by atoms with Gasteiger partial charge in [-0.3, -0.25) is 0 Å². The van der Waals surface area contributed by atoms with Gasteiger partial charge < -0.3 is 5.11 Å². The highest BCUT2D eigenvalue weighted by atomic mass is 32.1. The molecule has 0 spiro atoms. The molecule has 0 saturated heterocycles. The summed E-state index contributed by atoms with van der Waals surface area (Å²) >= 11 is 1.66. The summed E-state index contributed by atoms with van der Waals surface area (Å²) in [5.41, 5.74) is 1.87. The Balaban J connectivity index is 2.04. The molecule has 1 nitrogen and oxygen atoms in total. The first-order valence-electron chi connectivity index (χ1n) is 5.67. The lowest BCUT2D eigenvalue weighted by atomic mass is 9.93. The van der Waals surface area contributed by atoms with Crippen molar-refractivity contribution in [1.29, 1.82) is 0 Å². The van der Waals surface area contributed by atoms with Crippen LogP contribution in [0.25, 0.3) is 0 Å². The molecule has 0 bridgehead atoms. The van der Waals surface area contributed by atoms with Crippen LogP contribution in [-0.2, 0) is 6.42 Å². The van der Waals surface area contributed by atoms with E-state index in [9.17, 15) is 9.50 Å². The molecule has 1 N–H and O–H groups in total. The van der Waals surface area contributed by atoms with E-state index in [0.29, 0.717) is 5.56 Å². The second kappa shape index (κ2) is 5.94. The third-order valence-electron chi connectivity index (χ3n) is 2.93. The Morgan fingerprint density at radius 1 is 1.24 bits per heavy atom. The Kier molecular flexibility index (Phi) is 4.29. The van der Waals surface area contributed by atoms with E-state index < -0.39 is 0 Å². The van der Waals surface area contributed by atoms with Crippen LogP contribution in [0.5, 0.6) is 0 Å². The predicted octanol–water partition coefficient (Wildman–Crippen LogP) is 3.60. The number of aliphatic hydroxyl groups is 1. The van der Waals surface area contributed by atoms with Crippen LogP contribution in [-0.4, -0.2) is 11.7 Å². The van der Waals surface area contributed by atoms with E-state index in [1.165, 1.54) is 11.6 Å². The molecule has 1 aromatic heterocycles. The summed E-state index contributed by atoms with van der Waals surface area (Å²) in [4.78, 5) is 0. The maximum atomic E-state index is 13.6. The monoisotopic (exact) mass is 250 g/mol. The van der Waals surface area contributed by atoms with E-state index in [1.54, 1.807) is 23.5 Å². The maximum Gasteiger partial charge on any atom is 0.126 e. The first-order chi connectivity index (χ1) is 8.31. The van der Waals surface area contributed by atoms with E-state index in [2.05, 4.69) is 11.4 Å². The van der Waals surface area contributed by atoms with E-state index in [1.807, 2.05) is 11.4 Å². The van der Waals surface area contributed by atoms with Gasteiger partial charge in [-0.25, -0.2) is 4.39 Å². The zero-order chi connectivity index (χ0) is 12.1. The molecule has 1 aromatic carbocycles. The van der Waals surface area contributed by atoms with Crippen LogP contribution in [0.4, 0.5) is 4.39 Å². The summed E-state index contributed by atoms with van der Waals surface area (Å²) in [6.45, 7) is -0.00886. The van der Waals surface area contributed by atoms with E-state index in [0.717, 1.165) is 12.8 Å². The predicted molar refractivity (Wildman–Crippen MR) is 68.9 cm³/mol. The van der Waals surface area contributed by atoms with Gasteiger partial charge in [0.05, 0.1) is 6.61 Å². The third-order valence-corrected chi connectivity index (χ3v) is 3.66. The lowest BCUT2D eigenvalue weighted by Gasteiger charge is -2.14. The molecule has 0 aliphatic heterocycles. The van der Waals surface area contributed by atoms with Crippen LogP contribution in [0.3, 0.4) is 0 Å². The standard InChI is InChI=1S/C14H15FOS/c15-14-4-2-1-3-13(14)12(9-16)6-5-11-7-8-17-10-11/h1-4,7-8,10,12,16H,5-6,9H2. The van der Waals surface area contributed by atoms with Gasteiger partial charge in [-0.05, 0) is 46.9 Å². The molecular weight excluding hydrogens is 235 g/mol. The molecule has 0 amide bonds. The Labute approximate surface area is 105 Å². The van der Waals surface area contributed by atoms with Crippen LogP contribution in [0.15, 0.2) is 41.1 Å². The van der Waals surface area contributed by atoms with Crippen LogP contribution in [0.1, 0.15) is 23.5 Å². The first kappa shape index (κ1) is 12.3. The summed E-state index contributed by atoms with van der Waals surface area (Å²) in [5, 5.41) is 13.5. The van der Waals surface area contributed by atoms with Gasteiger partial charge in [-0.15, -0.1) is 0 Å². The molecule has 17 heavy (non-hydrogen) atoms. The van der Waals surface area contributed by atoms with Crippen LogP contribution < -0.4 is 0 Å². The zero-order valence-corrected chi connectivity index (χ0v) is 10.3. The normalized spacial score (nSPS) is 12.6. The minimum Gasteiger partial charge on any atom is -0.396 e. The summed E-state index contributed by atoms with van der Waals surface area (Å²) < 4.78 is 13.6. The minimum atomic E-state index is -0.225. The van der Waals surface area contributed by atoms with Gasteiger partial charge >= 0.3 is 0 Å². The van der Waals surface area contributed by atoms with Crippen molar-refractivity contribution >= 4 is 11.3 Å². The van der Waals surface area contributed by atoms with Crippen molar-refractivity contribution in [3.8, 4) is 0 Å². The van der Waals surface area contributed by atoms with Gasteiger partial charge in [0.15, 0.2) is 0 Å². The fourth-order valence-electron chi connectivity index (χ4n) is 1.93. The van der Waals surface area contributed by atoms with Gasteiger partial charge in [-0.2, -0.15) is 11.3 Å². The highest BCUT2D eigenvalue weighted by Crippen LogP contribution is 2.24. The molecule has 2 rings (SSSR count). The van der Waals surface area contributed by atoms with Crippen molar-refractivity contribution < 1.29 is 9.50 Å². The Bertz CT molecular complexity index is 453. The van der Waals surface area contributed by atoms with Gasteiger partial charge in [0, 0.05) is 5.92 Å². The number of aryl methyl sites for hydroxylation is 1. The molecule has 2 aromatic rings. The van der Waals surface area contributed by atoms with Crippen molar-refractivity contribution in [2.24, 2.45) is 0 Å². The molecule has 1 heterocycles. The second-order valence-corrected chi connectivity index (χ2v) is 4.85. The molecule has 90 valence electrons. The number of benzene rings is 1. The van der Waals surface area contributed by atoms with Crippen molar-refractivity contribution in [2.75, 3.05) is 6.61 Å². The average Bonchev–Trinajstić information content (AvgIpc) is 2.85. The summed E-state index contributed by atoms with van der Waals surface area (Å²) in [5.74, 6) is -0.340. The number of hydrogen-bond donors (Lipinski definition) is 1. The largest absolute Gasteiger partial charge is 0.396 e. The van der Waals surface area contributed by atoms with Crippen LogP contribution >= 0.6 is 11.3 Å². The topological polar surface area (TPSA) is 20.2 Å². The molecule has 3 heteroatoms. The molecular formula is C14H15FOS. The van der Waals surface area contributed by atoms with Gasteiger partial charge in [0.25, 0.3) is 0 Å². The number of halogens is 1. The molecule has 0 radical (unpaired) electrons. The van der Waals surface area contributed by atoms with Gasteiger partial charge in [0.2, 0.25) is 0 Å². The quantitative estimate of drug-likeness (QED) is 0.859. The first-order valence-corrected chi connectivity index (χ1v) is 6.62. The maximum absolute atomic E-state index is 13.6. The highest BCUT2D eigenvalue weighted by Gasteiger charge is 2.14. The second-order valence-electron chi connectivity index (χ2n) is 4.07. The molecule has 0 aliphatic rings. The van der Waals surface area contributed by atoms with E-state index in [-0.39, 0.29) is 18.3 Å². The fraction of sp³-hybridized carbons (Fsp3) is 0.286. The molecule has 1 unspecified atom stereocenters. The SMILES string of the molecule is OCC(CCc1ccsc1)c1ccccc1F. The average molecular weight is 250 g/mol. The third kappa shape index (κ3) is 3.14. The minimum absolute atomic E-state index is 0.00886. The van der Waals surface area contributed by atoms with Gasteiger partial charge in [0.1, 0.15) is 5.82 Å². The van der Waals surface area contributed by atoms with Crippen molar-refractivity contribution in [2.45, 2.75) is 18.8 Å². The molecule has 0 aliphatic carbocycles. The molecule has 1 atom stereocenters. The number of rotatable bonds is 5. The molecule has 0 saturated carbocycles. The number of thiophene rings is 1. The van der Waals surface area contributed by atoms with Crippen molar-refractivity contribution in [3.05, 3.63) is 58.0 Å². The number of hydrogen-bond acceptors (Lipinski definition) is 2. The Morgan fingerprint density at radius 2 is 2.06 bits per heavy atom. The van der Waals surface area contributed by atoms with Crippen molar-refractivity contribution in [1.82, 2.24) is 0 Å². The fourth-order valence-corrected chi connectivity index (χ4v) is 2.63. The number of aliphatic hydroxyl groups excluding tert-OH is 1. The Morgan fingerprint density at radius 3 is 2.71 bits per heavy atom. The smallest absolute Gasteiger partial charge is 0.126 e. The Hall–Kier alpha value is -1.19. The lowest BCUT2D eigenvalue weighted by molar-refractivity contribution is 0.256.